The third kappa shape index (κ3) is 40.1. The molecule has 0 aromatic carbocycles. The zero-order valence-corrected chi connectivity index (χ0v) is 37.1. The maximum Gasteiger partial charge on any atom is 0.472 e. The molecule has 326 valence electrons. The van der Waals surface area contributed by atoms with Crippen LogP contribution >= 0.6 is 7.82 Å². The monoisotopic (exact) mass is 813 g/mol. The van der Waals surface area contributed by atoms with Gasteiger partial charge >= 0.3 is 19.8 Å². The third-order valence-corrected chi connectivity index (χ3v) is 10.2. The molecule has 0 spiro atoms. The number of nitrogens with zero attached hydrogens (tertiary/aromatic N) is 1. The minimum absolute atomic E-state index is 0.0130. The fourth-order valence-electron chi connectivity index (χ4n) is 5.68. The number of quaternary nitrogens is 1. The molecule has 0 heterocycles. The zero-order valence-electron chi connectivity index (χ0n) is 36.2. The molecular weight excluding hydrogens is 729 g/mol. The van der Waals surface area contributed by atoms with E-state index in [1.54, 1.807) is 6.08 Å². The molecule has 0 fully saturated rings. The molecular formula is C45H83NO9P+. The van der Waals surface area contributed by atoms with Crippen molar-refractivity contribution in [2.24, 2.45) is 0 Å². The van der Waals surface area contributed by atoms with Crippen LogP contribution in [-0.2, 0) is 32.7 Å². The molecule has 0 saturated heterocycles. The number of ether oxygens (including phenoxy) is 2. The van der Waals surface area contributed by atoms with E-state index in [2.05, 4.69) is 19.9 Å². The number of aliphatic hydroxyl groups excluding tert-OH is 1. The molecule has 0 rings (SSSR count). The summed E-state index contributed by atoms with van der Waals surface area (Å²) in [6.07, 6.45) is 39.0. The number of hydrogen-bond acceptors (Lipinski definition) is 8. The second kappa shape index (κ2) is 37.2. The average molecular weight is 813 g/mol. The summed E-state index contributed by atoms with van der Waals surface area (Å²) in [6, 6.07) is 0. The van der Waals surface area contributed by atoms with Crippen LogP contribution < -0.4 is 0 Å². The van der Waals surface area contributed by atoms with Gasteiger partial charge in [0.15, 0.2) is 6.10 Å². The fraction of sp³-hybridized carbons (Fsp3) is 0.778. The van der Waals surface area contributed by atoms with Crippen LogP contribution in [-0.4, -0.2) is 86.1 Å². The molecule has 0 aliphatic heterocycles. The van der Waals surface area contributed by atoms with Crippen molar-refractivity contribution in [1.29, 1.82) is 0 Å². The molecule has 10 nitrogen and oxygen atoms in total. The predicted molar refractivity (Wildman–Crippen MR) is 230 cm³/mol. The van der Waals surface area contributed by atoms with E-state index < -0.39 is 38.6 Å². The molecule has 11 heteroatoms. The summed E-state index contributed by atoms with van der Waals surface area (Å²) >= 11 is 0. The smallest absolute Gasteiger partial charge is 0.462 e. The normalized spacial score (nSPS) is 14.6. The number of hydrogen-bond donors (Lipinski definition) is 2. The molecule has 0 aliphatic carbocycles. The first-order chi connectivity index (χ1) is 26.9. The van der Waals surface area contributed by atoms with Crippen molar-refractivity contribution in [3.8, 4) is 0 Å². The number of carbonyl (C=O) groups is 2. The van der Waals surface area contributed by atoms with Gasteiger partial charge in [-0.25, -0.2) is 4.57 Å². The Labute approximate surface area is 342 Å². The molecule has 0 aliphatic rings. The summed E-state index contributed by atoms with van der Waals surface area (Å²) < 4.78 is 34.2. The van der Waals surface area contributed by atoms with Crippen LogP contribution in [0.2, 0.25) is 0 Å². The number of phosphoric acid groups is 1. The highest BCUT2D eigenvalue weighted by Crippen LogP contribution is 2.43. The van der Waals surface area contributed by atoms with E-state index in [1.165, 1.54) is 83.5 Å². The predicted octanol–water partition coefficient (Wildman–Crippen LogP) is 11.3. The van der Waals surface area contributed by atoms with Gasteiger partial charge < -0.3 is 24.0 Å². The van der Waals surface area contributed by atoms with Gasteiger partial charge in [-0.3, -0.25) is 18.6 Å². The second-order valence-electron chi connectivity index (χ2n) is 15.9. The SMILES string of the molecule is CCCCC/C=C\C[C@@H](O)/C=C/C=C\C/C=C\CCCC(=O)OC[C@H](COP(=O)(O)OCC[N+](C)(C)C)OC(=O)CCCCCCCCCCCCCCCC. The maximum atomic E-state index is 12.7. The Morgan fingerprint density at radius 2 is 1.20 bits per heavy atom. The average Bonchev–Trinajstić information content (AvgIpc) is 3.14. The van der Waals surface area contributed by atoms with Crippen molar-refractivity contribution in [2.45, 2.75) is 180 Å². The van der Waals surface area contributed by atoms with Gasteiger partial charge in [0.25, 0.3) is 0 Å². The van der Waals surface area contributed by atoms with Gasteiger partial charge in [-0.15, -0.1) is 0 Å². The van der Waals surface area contributed by atoms with Crippen LogP contribution in [0.25, 0.3) is 0 Å². The lowest BCUT2D eigenvalue weighted by atomic mass is 10.0. The van der Waals surface area contributed by atoms with E-state index in [-0.39, 0.29) is 26.1 Å². The van der Waals surface area contributed by atoms with E-state index in [4.69, 9.17) is 18.5 Å². The van der Waals surface area contributed by atoms with Gasteiger partial charge in [-0.05, 0) is 44.9 Å². The quantitative estimate of drug-likeness (QED) is 0.0156. The Morgan fingerprint density at radius 3 is 1.82 bits per heavy atom. The van der Waals surface area contributed by atoms with E-state index in [0.29, 0.717) is 36.7 Å². The van der Waals surface area contributed by atoms with Crippen LogP contribution in [0, 0.1) is 0 Å². The number of aliphatic hydroxyl groups is 1. The first-order valence-electron chi connectivity index (χ1n) is 22.0. The van der Waals surface area contributed by atoms with Crippen molar-refractivity contribution in [2.75, 3.05) is 47.5 Å². The Kier molecular flexibility index (Phi) is 35.8. The molecule has 56 heavy (non-hydrogen) atoms. The van der Waals surface area contributed by atoms with E-state index >= 15 is 0 Å². The summed E-state index contributed by atoms with van der Waals surface area (Å²) in [6.45, 7) is 4.23. The van der Waals surface area contributed by atoms with Crippen LogP contribution in [0.1, 0.15) is 168 Å². The van der Waals surface area contributed by atoms with Gasteiger partial charge in [-0.2, -0.15) is 0 Å². The highest BCUT2D eigenvalue weighted by Gasteiger charge is 2.27. The Morgan fingerprint density at radius 1 is 0.643 bits per heavy atom. The van der Waals surface area contributed by atoms with Crippen molar-refractivity contribution in [1.82, 2.24) is 0 Å². The number of unbranched alkanes of at least 4 members (excludes halogenated alkanes) is 17. The number of likely N-dealkylation sites (N-methyl/N-ethyl adjacent to an activating group) is 1. The van der Waals surface area contributed by atoms with Gasteiger partial charge in [0.2, 0.25) is 0 Å². The molecule has 0 amide bonds. The third-order valence-electron chi connectivity index (χ3n) is 9.19. The summed E-state index contributed by atoms with van der Waals surface area (Å²) in [5.74, 6) is -0.902. The fourth-order valence-corrected chi connectivity index (χ4v) is 6.42. The number of allylic oxidation sites excluding steroid dienone is 6. The van der Waals surface area contributed by atoms with Gasteiger partial charge in [0.05, 0.1) is 33.9 Å². The topological polar surface area (TPSA) is 129 Å². The molecule has 1 unspecified atom stereocenters. The highest BCUT2D eigenvalue weighted by molar-refractivity contribution is 7.47. The Hall–Kier alpha value is -2.07. The molecule has 3 atom stereocenters. The zero-order chi connectivity index (χ0) is 41.6. The molecule has 2 N–H and O–H groups in total. The van der Waals surface area contributed by atoms with Crippen LogP contribution in [0.3, 0.4) is 0 Å². The number of rotatable bonds is 39. The summed E-state index contributed by atoms with van der Waals surface area (Å²) in [5.41, 5.74) is 0. The molecule has 0 aromatic heterocycles. The van der Waals surface area contributed by atoms with Crippen molar-refractivity contribution in [3.63, 3.8) is 0 Å². The molecule has 0 saturated carbocycles. The Balaban J connectivity index is 4.51. The number of esters is 2. The van der Waals surface area contributed by atoms with Crippen molar-refractivity contribution < 1.29 is 47.2 Å². The van der Waals surface area contributed by atoms with Crippen LogP contribution in [0.15, 0.2) is 48.6 Å². The summed E-state index contributed by atoms with van der Waals surface area (Å²) in [7, 11) is 1.41. The standard InChI is InChI=1S/C45H82NO9P/c1-6-8-10-12-14-15-16-17-18-19-20-25-29-33-37-45(49)55-43(41-54-56(50,51)53-39-38-46(3,4)5)40-52-44(48)36-32-28-24-22-21-23-27-31-35-42(47)34-30-26-13-11-9-7-2/h22-24,26-27,30-31,35,42-43,47H,6-21,25,28-29,32-34,36-41H2,1-5H3/p+1/b24-22-,27-23-,30-26-,35-31+/t42-,43-/m1/s1. The molecule has 0 aromatic rings. The van der Waals surface area contributed by atoms with Gasteiger partial charge in [0.1, 0.15) is 19.8 Å². The number of carbonyl (C=O) groups excluding carboxylic acids is 2. The summed E-state index contributed by atoms with van der Waals surface area (Å²) in [5, 5.41) is 10.0. The van der Waals surface area contributed by atoms with Crippen molar-refractivity contribution in [3.05, 3.63) is 48.6 Å². The lowest BCUT2D eigenvalue weighted by Crippen LogP contribution is -2.37. The van der Waals surface area contributed by atoms with Crippen LogP contribution in [0.5, 0.6) is 0 Å². The maximum absolute atomic E-state index is 12.7. The van der Waals surface area contributed by atoms with E-state index in [9.17, 15) is 24.2 Å². The van der Waals surface area contributed by atoms with E-state index in [1.807, 2.05) is 57.6 Å². The lowest BCUT2D eigenvalue weighted by molar-refractivity contribution is -0.870. The minimum atomic E-state index is -4.40. The minimum Gasteiger partial charge on any atom is -0.462 e. The summed E-state index contributed by atoms with van der Waals surface area (Å²) in [4.78, 5) is 35.3. The lowest BCUT2D eigenvalue weighted by Gasteiger charge is -2.24. The van der Waals surface area contributed by atoms with Crippen molar-refractivity contribution >= 4 is 19.8 Å². The highest BCUT2D eigenvalue weighted by atomic mass is 31.2. The van der Waals surface area contributed by atoms with Gasteiger partial charge in [-0.1, -0.05) is 159 Å². The first-order valence-corrected chi connectivity index (χ1v) is 23.5. The first kappa shape index (κ1) is 53.9. The Bertz CT molecular complexity index is 1120. The molecule has 0 radical (unpaired) electrons. The molecule has 0 bridgehead atoms. The largest absolute Gasteiger partial charge is 0.472 e. The number of phosphoric ester groups is 1. The van der Waals surface area contributed by atoms with Gasteiger partial charge in [0, 0.05) is 12.8 Å². The second-order valence-corrected chi connectivity index (χ2v) is 17.4. The van der Waals surface area contributed by atoms with Crippen LogP contribution in [0.4, 0.5) is 0 Å². The van der Waals surface area contributed by atoms with E-state index in [0.717, 1.165) is 32.1 Å².